The van der Waals surface area contributed by atoms with Gasteiger partial charge in [-0.1, -0.05) is 19.1 Å². The molecule has 2 aliphatic heterocycles. The summed E-state index contributed by atoms with van der Waals surface area (Å²) in [6, 6.07) is 10.5. The first-order valence-corrected chi connectivity index (χ1v) is 12.1. The highest BCUT2D eigenvalue weighted by molar-refractivity contribution is 7.91. The number of sulfone groups is 1. The van der Waals surface area contributed by atoms with E-state index in [1.54, 1.807) is 18.2 Å². The van der Waals surface area contributed by atoms with E-state index < -0.39 is 15.7 Å². The summed E-state index contributed by atoms with van der Waals surface area (Å²) >= 11 is 0. The number of hydrogen-bond acceptors (Lipinski definition) is 7. The maximum Gasteiger partial charge on any atom is 0.236 e. The van der Waals surface area contributed by atoms with Gasteiger partial charge in [-0.25, -0.2) is 12.8 Å². The van der Waals surface area contributed by atoms with Crippen LogP contribution >= 0.6 is 0 Å². The molecular formula is C23H23FN2O5S. The van der Waals surface area contributed by atoms with Gasteiger partial charge in [-0.15, -0.1) is 0 Å². The van der Waals surface area contributed by atoms with Crippen LogP contribution in [0.2, 0.25) is 0 Å². The Labute approximate surface area is 185 Å². The lowest BCUT2D eigenvalue weighted by Crippen LogP contribution is -2.33. The zero-order valence-electron chi connectivity index (χ0n) is 17.6. The molecule has 5 rings (SSSR count). The first-order valence-electron chi connectivity index (χ1n) is 10.6. The molecule has 0 atom stereocenters. The van der Waals surface area contributed by atoms with Gasteiger partial charge in [0.05, 0.1) is 10.5 Å². The molecule has 3 heterocycles. The molecular weight excluding hydrogens is 435 g/mol. The van der Waals surface area contributed by atoms with E-state index in [1.807, 2.05) is 4.90 Å². The summed E-state index contributed by atoms with van der Waals surface area (Å²) in [5.41, 5.74) is 0.114. The summed E-state index contributed by atoms with van der Waals surface area (Å²) < 4.78 is 58.7. The van der Waals surface area contributed by atoms with Crippen LogP contribution in [-0.4, -0.2) is 39.7 Å². The van der Waals surface area contributed by atoms with E-state index in [-0.39, 0.29) is 27.3 Å². The van der Waals surface area contributed by atoms with Crippen molar-refractivity contribution in [3.8, 4) is 23.0 Å². The molecule has 0 unspecified atom stereocenters. The number of oxazole rings is 1. The Morgan fingerprint density at radius 3 is 2.50 bits per heavy atom. The minimum Gasteiger partial charge on any atom is -0.486 e. The van der Waals surface area contributed by atoms with Crippen LogP contribution in [0.4, 0.5) is 10.3 Å². The number of ether oxygens (including phenoxy) is 2. The Hall–Kier alpha value is -3.07. The minimum atomic E-state index is -4.07. The molecule has 32 heavy (non-hydrogen) atoms. The number of nitrogens with zero attached hydrogens (tertiary/aromatic N) is 2. The molecule has 0 N–H and O–H groups in total. The van der Waals surface area contributed by atoms with Crippen molar-refractivity contribution < 1.29 is 26.7 Å². The molecule has 168 valence electrons. The Bertz CT molecular complexity index is 1250. The lowest BCUT2D eigenvalue weighted by molar-refractivity contribution is 0.171. The van der Waals surface area contributed by atoms with Crippen molar-refractivity contribution in [3.63, 3.8) is 0 Å². The third-order valence-electron chi connectivity index (χ3n) is 5.83. The summed E-state index contributed by atoms with van der Waals surface area (Å²) in [7, 11) is -4.07. The second-order valence-electron chi connectivity index (χ2n) is 8.09. The molecule has 0 aliphatic carbocycles. The molecule has 3 aromatic rings. The zero-order valence-corrected chi connectivity index (χ0v) is 18.4. The van der Waals surface area contributed by atoms with E-state index in [0.29, 0.717) is 43.7 Å². The van der Waals surface area contributed by atoms with E-state index in [9.17, 15) is 12.8 Å². The van der Waals surface area contributed by atoms with Gasteiger partial charge < -0.3 is 18.8 Å². The van der Waals surface area contributed by atoms with Crippen LogP contribution in [-0.2, 0) is 9.84 Å². The first kappa shape index (κ1) is 20.8. The molecule has 0 bridgehead atoms. The molecule has 0 spiro atoms. The Morgan fingerprint density at radius 1 is 1.03 bits per heavy atom. The van der Waals surface area contributed by atoms with Gasteiger partial charge in [0.25, 0.3) is 0 Å². The van der Waals surface area contributed by atoms with Gasteiger partial charge in [0.2, 0.25) is 26.6 Å². The number of anilines is 1. The number of aromatic nitrogens is 1. The average Bonchev–Trinajstić information content (AvgIpc) is 3.25. The smallest absolute Gasteiger partial charge is 0.236 e. The highest BCUT2D eigenvalue weighted by Crippen LogP contribution is 2.39. The fourth-order valence-corrected chi connectivity index (χ4v) is 5.27. The number of piperidine rings is 1. The normalized spacial score (nSPS) is 16.9. The van der Waals surface area contributed by atoms with Crippen LogP contribution in [0.1, 0.15) is 19.8 Å². The van der Waals surface area contributed by atoms with Crippen molar-refractivity contribution in [2.75, 3.05) is 31.2 Å². The Kier molecular flexibility index (Phi) is 5.28. The standard InChI is InChI=1S/C23H23FN2O5S/c1-15-8-10-26(11-9-15)23-22(25-21(31-23)17-4-2-3-5-18(17)24)32(27,28)16-6-7-19-20(14-16)30-13-12-29-19/h2-7,14-15H,8-13H2,1H3. The van der Waals surface area contributed by atoms with Crippen LogP contribution in [0.15, 0.2) is 56.8 Å². The van der Waals surface area contributed by atoms with E-state index in [2.05, 4.69) is 11.9 Å². The number of fused-ring (bicyclic) bond motifs is 1. The number of benzene rings is 2. The molecule has 1 saturated heterocycles. The Balaban J connectivity index is 1.62. The van der Waals surface area contributed by atoms with Crippen molar-refractivity contribution in [1.82, 2.24) is 4.98 Å². The van der Waals surface area contributed by atoms with Crippen molar-refractivity contribution in [3.05, 3.63) is 48.3 Å². The second kappa shape index (κ2) is 8.12. The van der Waals surface area contributed by atoms with Gasteiger partial charge in [0.15, 0.2) is 11.5 Å². The highest BCUT2D eigenvalue weighted by Gasteiger charge is 2.34. The molecule has 1 aromatic heterocycles. The van der Waals surface area contributed by atoms with E-state index in [1.165, 1.54) is 24.3 Å². The fourth-order valence-electron chi connectivity index (χ4n) is 3.94. The van der Waals surface area contributed by atoms with Crippen molar-refractivity contribution >= 4 is 15.7 Å². The molecule has 2 aromatic carbocycles. The Morgan fingerprint density at radius 2 is 1.75 bits per heavy atom. The lowest BCUT2D eigenvalue weighted by Gasteiger charge is -2.30. The summed E-state index contributed by atoms with van der Waals surface area (Å²) in [5, 5.41) is -0.220. The molecule has 0 amide bonds. The summed E-state index contributed by atoms with van der Waals surface area (Å²) in [4.78, 5) is 6.18. The summed E-state index contributed by atoms with van der Waals surface area (Å²) in [5.74, 6) is 0.947. The highest BCUT2D eigenvalue weighted by atomic mass is 32.2. The SMILES string of the molecule is CC1CCN(c2oc(-c3ccccc3F)nc2S(=O)(=O)c2ccc3c(c2)OCCO3)CC1. The van der Waals surface area contributed by atoms with Gasteiger partial charge in [-0.2, -0.15) is 4.98 Å². The van der Waals surface area contributed by atoms with Gasteiger partial charge in [0.1, 0.15) is 19.0 Å². The first-order chi connectivity index (χ1) is 15.4. The molecule has 7 nitrogen and oxygen atoms in total. The molecule has 9 heteroatoms. The third kappa shape index (κ3) is 3.70. The van der Waals surface area contributed by atoms with Crippen LogP contribution in [0.3, 0.4) is 0 Å². The maximum atomic E-state index is 14.4. The van der Waals surface area contributed by atoms with Crippen LogP contribution in [0, 0.1) is 11.7 Å². The predicted molar refractivity (Wildman–Crippen MR) is 115 cm³/mol. The van der Waals surface area contributed by atoms with Gasteiger partial charge in [-0.3, -0.25) is 0 Å². The average molecular weight is 459 g/mol. The molecule has 0 radical (unpaired) electrons. The van der Waals surface area contributed by atoms with E-state index in [0.717, 1.165) is 12.8 Å². The van der Waals surface area contributed by atoms with Gasteiger partial charge in [0, 0.05) is 19.2 Å². The summed E-state index contributed by atoms with van der Waals surface area (Å²) in [6.45, 7) is 4.18. The largest absolute Gasteiger partial charge is 0.486 e. The second-order valence-corrected chi connectivity index (χ2v) is 9.95. The number of hydrogen-bond donors (Lipinski definition) is 0. The van der Waals surface area contributed by atoms with E-state index >= 15 is 0 Å². The van der Waals surface area contributed by atoms with Crippen molar-refractivity contribution in [2.24, 2.45) is 5.92 Å². The number of rotatable bonds is 4. The maximum absolute atomic E-state index is 14.4. The third-order valence-corrected chi connectivity index (χ3v) is 7.48. The minimum absolute atomic E-state index is 0.0155. The molecule has 1 fully saturated rings. The van der Waals surface area contributed by atoms with Crippen molar-refractivity contribution in [1.29, 1.82) is 0 Å². The fraction of sp³-hybridized carbons (Fsp3) is 0.348. The molecule has 2 aliphatic rings. The quantitative estimate of drug-likeness (QED) is 0.576. The number of halogens is 1. The lowest BCUT2D eigenvalue weighted by atomic mass is 9.99. The monoisotopic (exact) mass is 458 g/mol. The van der Waals surface area contributed by atoms with Gasteiger partial charge >= 0.3 is 0 Å². The van der Waals surface area contributed by atoms with Crippen LogP contribution in [0.5, 0.6) is 11.5 Å². The topological polar surface area (TPSA) is 81.9 Å². The predicted octanol–water partition coefficient (Wildman–Crippen LogP) is 4.32. The zero-order chi connectivity index (χ0) is 22.3. The van der Waals surface area contributed by atoms with Crippen molar-refractivity contribution in [2.45, 2.75) is 29.7 Å². The van der Waals surface area contributed by atoms with Gasteiger partial charge in [-0.05, 0) is 43.0 Å². The molecule has 0 saturated carbocycles. The van der Waals surface area contributed by atoms with Crippen LogP contribution in [0.25, 0.3) is 11.5 Å². The van der Waals surface area contributed by atoms with E-state index in [4.69, 9.17) is 13.9 Å². The summed E-state index contributed by atoms with van der Waals surface area (Å²) in [6.07, 6.45) is 1.80. The van der Waals surface area contributed by atoms with Crippen LogP contribution < -0.4 is 14.4 Å².